The average Bonchev–Trinajstić information content (AvgIpc) is 3.04. The largest absolute Gasteiger partial charge is 0.383 e. The molecule has 21 heavy (non-hydrogen) atoms. The van der Waals surface area contributed by atoms with Crippen molar-refractivity contribution >= 4 is 11.6 Å². The molecule has 5 heteroatoms. The molecular weight excluding hydrogens is 286 g/mol. The summed E-state index contributed by atoms with van der Waals surface area (Å²) in [5.74, 6) is 0. The van der Waals surface area contributed by atoms with E-state index in [1.165, 1.54) is 31.4 Å². The van der Waals surface area contributed by atoms with Crippen molar-refractivity contribution in [3.8, 4) is 0 Å². The van der Waals surface area contributed by atoms with Gasteiger partial charge in [-0.05, 0) is 31.1 Å². The van der Waals surface area contributed by atoms with Crippen molar-refractivity contribution in [2.24, 2.45) is 12.5 Å². The fraction of sp³-hybridized carbons (Fsp3) is 0.812. The highest BCUT2D eigenvalue weighted by Crippen LogP contribution is 2.41. The predicted octanol–water partition coefficient (Wildman–Crippen LogP) is 2.97. The number of hydrogen-bond donors (Lipinski definition) is 1. The highest BCUT2D eigenvalue weighted by Gasteiger charge is 2.35. The first-order valence-corrected chi connectivity index (χ1v) is 8.39. The summed E-state index contributed by atoms with van der Waals surface area (Å²) in [6, 6.07) is 0. The Labute approximate surface area is 133 Å². The Balaban J connectivity index is 2.07. The zero-order chi connectivity index (χ0) is 15.3. The number of nitrogens with one attached hydrogen (secondary N) is 1. The second kappa shape index (κ2) is 7.61. The number of ether oxygens (including phenoxy) is 1. The van der Waals surface area contributed by atoms with E-state index < -0.39 is 0 Å². The van der Waals surface area contributed by atoms with Crippen LogP contribution in [0.25, 0.3) is 0 Å². The molecule has 1 aliphatic carbocycles. The Hall–Kier alpha value is -0.580. The summed E-state index contributed by atoms with van der Waals surface area (Å²) in [5, 5.41) is 8.99. The number of nitrogens with zero attached hydrogens (tertiary/aromatic N) is 2. The van der Waals surface area contributed by atoms with E-state index in [2.05, 4.69) is 17.3 Å². The van der Waals surface area contributed by atoms with Crippen molar-refractivity contribution in [3.05, 3.63) is 16.4 Å². The van der Waals surface area contributed by atoms with Gasteiger partial charge < -0.3 is 10.1 Å². The van der Waals surface area contributed by atoms with Gasteiger partial charge in [0.25, 0.3) is 0 Å². The fourth-order valence-electron chi connectivity index (χ4n) is 3.44. The molecule has 1 aliphatic rings. The molecule has 4 nitrogen and oxygen atoms in total. The first-order valence-electron chi connectivity index (χ1n) is 8.02. The van der Waals surface area contributed by atoms with Crippen molar-refractivity contribution in [3.63, 3.8) is 0 Å². The van der Waals surface area contributed by atoms with E-state index in [-0.39, 0.29) is 0 Å². The van der Waals surface area contributed by atoms with E-state index >= 15 is 0 Å². The minimum atomic E-state index is 0.330. The minimum absolute atomic E-state index is 0.330. The van der Waals surface area contributed by atoms with Gasteiger partial charge in [-0.3, -0.25) is 4.68 Å². The standard InChI is InChI=1S/C16H28ClN3O/c1-4-13-15(17)14(20(2)19-13)11-16(7-5-6-8-16)12-18-9-10-21-3/h18H,4-12H2,1-3H3. The number of aryl methyl sites for hydroxylation is 2. The lowest BCUT2D eigenvalue weighted by molar-refractivity contribution is 0.189. The van der Waals surface area contributed by atoms with Crippen LogP contribution in [0.3, 0.4) is 0 Å². The van der Waals surface area contributed by atoms with Crippen LogP contribution in [0.5, 0.6) is 0 Å². The SMILES string of the molecule is CCc1nn(C)c(CC2(CNCCOC)CCCC2)c1Cl. The van der Waals surface area contributed by atoms with Crippen molar-refractivity contribution < 1.29 is 4.74 Å². The quantitative estimate of drug-likeness (QED) is 0.750. The Kier molecular flexibility index (Phi) is 6.08. The van der Waals surface area contributed by atoms with Gasteiger partial charge in [-0.25, -0.2) is 0 Å². The van der Waals surface area contributed by atoms with Crippen LogP contribution in [-0.4, -0.2) is 36.6 Å². The molecule has 2 rings (SSSR count). The van der Waals surface area contributed by atoms with Gasteiger partial charge in [-0.1, -0.05) is 31.4 Å². The highest BCUT2D eigenvalue weighted by molar-refractivity contribution is 6.31. The summed E-state index contributed by atoms with van der Waals surface area (Å²) in [6.45, 7) is 4.83. The maximum absolute atomic E-state index is 6.53. The molecule has 1 aromatic heterocycles. The summed E-state index contributed by atoms with van der Waals surface area (Å²) in [7, 11) is 3.76. The lowest BCUT2D eigenvalue weighted by atomic mass is 9.81. The molecule has 0 atom stereocenters. The molecule has 1 heterocycles. The number of hydrogen-bond acceptors (Lipinski definition) is 3. The summed E-state index contributed by atoms with van der Waals surface area (Å²) in [6.07, 6.45) is 7.11. The van der Waals surface area contributed by atoms with Crippen molar-refractivity contribution in [1.29, 1.82) is 0 Å². The molecule has 1 aromatic rings. The van der Waals surface area contributed by atoms with Crippen LogP contribution >= 0.6 is 11.6 Å². The van der Waals surface area contributed by atoms with Gasteiger partial charge in [-0.2, -0.15) is 5.10 Å². The Morgan fingerprint density at radius 3 is 2.67 bits per heavy atom. The van der Waals surface area contributed by atoms with Crippen LogP contribution in [-0.2, 0) is 24.6 Å². The van der Waals surface area contributed by atoms with Gasteiger partial charge in [0.15, 0.2) is 0 Å². The molecule has 0 unspecified atom stereocenters. The van der Waals surface area contributed by atoms with Gasteiger partial charge in [0.2, 0.25) is 0 Å². The molecule has 120 valence electrons. The first kappa shape index (κ1) is 16.8. The third-order valence-corrected chi connectivity index (χ3v) is 5.13. The van der Waals surface area contributed by atoms with Crippen LogP contribution in [0.1, 0.15) is 44.0 Å². The summed E-state index contributed by atoms with van der Waals surface area (Å²) >= 11 is 6.53. The van der Waals surface area contributed by atoms with Crippen LogP contribution in [0, 0.1) is 5.41 Å². The Bertz CT molecular complexity index is 453. The van der Waals surface area contributed by atoms with E-state index in [0.717, 1.165) is 43.3 Å². The zero-order valence-corrected chi connectivity index (χ0v) is 14.3. The van der Waals surface area contributed by atoms with Crippen LogP contribution in [0.15, 0.2) is 0 Å². The lowest BCUT2D eigenvalue weighted by Gasteiger charge is -2.29. The van der Waals surface area contributed by atoms with Crippen molar-refractivity contribution in [1.82, 2.24) is 15.1 Å². The molecule has 0 amide bonds. The number of aromatic nitrogens is 2. The van der Waals surface area contributed by atoms with Crippen molar-refractivity contribution in [2.75, 3.05) is 26.8 Å². The van der Waals surface area contributed by atoms with Gasteiger partial charge in [0.05, 0.1) is 23.0 Å². The monoisotopic (exact) mass is 313 g/mol. The van der Waals surface area contributed by atoms with Gasteiger partial charge in [-0.15, -0.1) is 0 Å². The van der Waals surface area contributed by atoms with Gasteiger partial charge in [0, 0.05) is 27.2 Å². The fourth-order valence-corrected chi connectivity index (χ4v) is 3.80. The summed E-state index contributed by atoms with van der Waals surface area (Å²) < 4.78 is 7.10. The molecule has 0 bridgehead atoms. The average molecular weight is 314 g/mol. The normalized spacial score (nSPS) is 17.5. The number of halogens is 1. The smallest absolute Gasteiger partial charge is 0.0849 e. The van der Waals surface area contributed by atoms with Gasteiger partial charge >= 0.3 is 0 Å². The second-order valence-corrected chi connectivity index (χ2v) is 6.62. The first-order chi connectivity index (χ1) is 10.1. The Morgan fingerprint density at radius 1 is 1.38 bits per heavy atom. The molecule has 0 aliphatic heterocycles. The van der Waals surface area contributed by atoms with Crippen LogP contribution < -0.4 is 5.32 Å². The molecule has 1 fully saturated rings. The minimum Gasteiger partial charge on any atom is -0.383 e. The maximum Gasteiger partial charge on any atom is 0.0849 e. The van der Waals surface area contributed by atoms with E-state index in [9.17, 15) is 0 Å². The Morgan fingerprint density at radius 2 is 2.10 bits per heavy atom. The van der Waals surface area contributed by atoms with Crippen molar-refractivity contribution in [2.45, 2.75) is 45.4 Å². The van der Waals surface area contributed by atoms with Gasteiger partial charge in [0.1, 0.15) is 0 Å². The highest BCUT2D eigenvalue weighted by atomic mass is 35.5. The van der Waals surface area contributed by atoms with E-state index in [1.54, 1.807) is 7.11 Å². The third kappa shape index (κ3) is 3.99. The zero-order valence-electron chi connectivity index (χ0n) is 13.5. The third-order valence-electron chi connectivity index (χ3n) is 4.69. The van der Waals surface area contributed by atoms with E-state index in [0.29, 0.717) is 5.41 Å². The van der Waals surface area contributed by atoms with Crippen LogP contribution in [0.2, 0.25) is 5.02 Å². The molecular formula is C16H28ClN3O. The summed E-state index contributed by atoms with van der Waals surface area (Å²) in [4.78, 5) is 0. The maximum atomic E-state index is 6.53. The van der Waals surface area contributed by atoms with Crippen LogP contribution in [0.4, 0.5) is 0 Å². The number of rotatable bonds is 8. The predicted molar refractivity (Wildman–Crippen MR) is 86.9 cm³/mol. The topological polar surface area (TPSA) is 39.1 Å². The second-order valence-electron chi connectivity index (χ2n) is 6.24. The molecule has 0 aromatic carbocycles. The van der Waals surface area contributed by atoms with E-state index in [4.69, 9.17) is 16.3 Å². The number of methoxy groups -OCH3 is 1. The van der Waals surface area contributed by atoms with E-state index in [1.807, 2.05) is 11.7 Å². The molecule has 0 radical (unpaired) electrons. The molecule has 1 N–H and O–H groups in total. The molecule has 1 saturated carbocycles. The summed E-state index contributed by atoms with van der Waals surface area (Å²) in [5.41, 5.74) is 2.55. The lowest BCUT2D eigenvalue weighted by Crippen LogP contribution is -2.36. The molecule has 0 spiro atoms. The molecule has 0 saturated heterocycles.